The van der Waals surface area contributed by atoms with E-state index in [1.807, 2.05) is 37.4 Å². The molecule has 3 heterocycles. The fourth-order valence-electron chi connectivity index (χ4n) is 3.44. The summed E-state index contributed by atoms with van der Waals surface area (Å²) in [4.78, 5) is 25.9. The lowest BCUT2D eigenvalue weighted by atomic mass is 10.0. The molecule has 29 heavy (non-hydrogen) atoms. The van der Waals surface area contributed by atoms with E-state index in [1.165, 1.54) is 7.11 Å². The second-order valence-corrected chi connectivity index (χ2v) is 7.49. The van der Waals surface area contributed by atoms with E-state index in [0.29, 0.717) is 6.42 Å². The second-order valence-electron chi connectivity index (χ2n) is 6.58. The number of aryl methyl sites for hydroxylation is 1. The molecule has 0 radical (unpaired) electrons. The van der Waals surface area contributed by atoms with Crippen LogP contribution in [0.2, 0.25) is 0 Å². The van der Waals surface area contributed by atoms with Gasteiger partial charge in [-0.1, -0.05) is 22.0 Å². The highest BCUT2D eigenvalue weighted by molar-refractivity contribution is 9.10. The van der Waals surface area contributed by atoms with Gasteiger partial charge >= 0.3 is 5.97 Å². The highest BCUT2D eigenvalue weighted by Gasteiger charge is 2.28. The van der Waals surface area contributed by atoms with Crippen molar-refractivity contribution in [3.05, 3.63) is 76.0 Å². The van der Waals surface area contributed by atoms with Crippen LogP contribution in [-0.4, -0.2) is 33.3 Å². The normalized spacial score (nSPS) is 14.7. The smallest absolute Gasteiger partial charge is 0.305 e. The van der Waals surface area contributed by atoms with E-state index < -0.39 is 0 Å². The van der Waals surface area contributed by atoms with Crippen molar-refractivity contribution in [2.45, 2.75) is 25.8 Å². The maximum Gasteiger partial charge on any atom is 0.305 e. The van der Waals surface area contributed by atoms with E-state index in [0.717, 1.165) is 38.6 Å². The first-order chi connectivity index (χ1) is 13.6. The van der Waals surface area contributed by atoms with Gasteiger partial charge in [-0.25, -0.2) is 4.98 Å². The van der Waals surface area contributed by atoms with Crippen molar-refractivity contribution in [2.75, 3.05) is 7.11 Å². The Balaban J connectivity index is 0.00000240. The van der Waals surface area contributed by atoms with Gasteiger partial charge in [0.05, 0.1) is 24.2 Å². The minimum atomic E-state index is -0.281. The number of esters is 1. The summed E-state index contributed by atoms with van der Waals surface area (Å²) in [6.45, 7) is 2.02. The van der Waals surface area contributed by atoms with Crippen LogP contribution in [0.1, 0.15) is 41.7 Å². The molecule has 6 nitrogen and oxygen atoms in total. The van der Waals surface area contributed by atoms with Crippen LogP contribution >= 0.6 is 28.3 Å². The Kier molecular flexibility index (Phi) is 6.49. The van der Waals surface area contributed by atoms with E-state index in [2.05, 4.69) is 42.6 Å². The molecule has 0 fully saturated rings. The van der Waals surface area contributed by atoms with Gasteiger partial charge in [-0.05, 0) is 43.7 Å². The average Bonchev–Trinajstić information content (AvgIpc) is 3.03. The molecule has 0 bridgehead atoms. The summed E-state index contributed by atoms with van der Waals surface area (Å²) in [7, 11) is 1.40. The molecule has 3 aromatic rings. The third-order valence-corrected chi connectivity index (χ3v) is 5.25. The Bertz CT molecular complexity index is 1070. The summed E-state index contributed by atoms with van der Waals surface area (Å²) < 4.78 is 7.90. The van der Waals surface area contributed by atoms with Crippen molar-refractivity contribution in [3.8, 4) is 5.69 Å². The molecule has 0 amide bonds. The highest BCUT2D eigenvalue weighted by Crippen LogP contribution is 2.34. The Morgan fingerprint density at radius 1 is 1.24 bits per heavy atom. The number of pyridine rings is 1. The van der Waals surface area contributed by atoms with E-state index in [-0.39, 0.29) is 30.8 Å². The molecule has 1 aromatic carbocycles. The van der Waals surface area contributed by atoms with E-state index in [1.54, 1.807) is 6.20 Å². The van der Waals surface area contributed by atoms with Crippen LogP contribution in [0.25, 0.3) is 5.69 Å². The summed E-state index contributed by atoms with van der Waals surface area (Å²) in [5, 5.41) is 0. The van der Waals surface area contributed by atoms with Crippen LogP contribution < -0.4 is 0 Å². The quantitative estimate of drug-likeness (QED) is 0.517. The number of rotatable bonds is 4. The van der Waals surface area contributed by atoms with Gasteiger partial charge in [0.25, 0.3) is 0 Å². The van der Waals surface area contributed by atoms with Gasteiger partial charge in [0.1, 0.15) is 11.9 Å². The number of aromatic nitrogens is 3. The number of hydrogen-bond acceptors (Lipinski definition) is 5. The highest BCUT2D eigenvalue weighted by atomic mass is 79.9. The van der Waals surface area contributed by atoms with Gasteiger partial charge in [-0.15, -0.1) is 12.4 Å². The molecule has 1 aliphatic heterocycles. The molecule has 4 rings (SSSR count). The lowest BCUT2D eigenvalue weighted by molar-refractivity contribution is -0.140. The van der Waals surface area contributed by atoms with Crippen molar-refractivity contribution in [2.24, 2.45) is 4.99 Å². The number of hydrogen-bond donors (Lipinski definition) is 0. The maximum atomic E-state index is 11.8. The maximum absolute atomic E-state index is 11.8. The second kappa shape index (κ2) is 8.88. The lowest BCUT2D eigenvalue weighted by Crippen LogP contribution is -2.09. The molecule has 0 saturated heterocycles. The third kappa shape index (κ3) is 4.11. The Labute approximate surface area is 183 Å². The fourth-order valence-corrected chi connectivity index (χ4v) is 3.80. The standard InChI is InChI=1S/C21H19BrN4O2.ClH/c1-13-12-24-21-17(7-9-19(27)28-2)25-20(16-5-3-4-10-23-16)15-11-14(22)6-8-18(15)26(13)21;/h3-6,8,10-12,17H,7,9H2,1-2H3;1H/t17-;/m1./s1. The first-order valence-corrected chi connectivity index (χ1v) is 9.78. The van der Waals surface area contributed by atoms with Gasteiger partial charge in [0, 0.05) is 34.5 Å². The predicted octanol–water partition coefficient (Wildman–Crippen LogP) is 4.61. The summed E-state index contributed by atoms with van der Waals surface area (Å²) in [5.41, 5.74) is 4.55. The number of fused-ring (bicyclic) bond motifs is 3. The number of benzene rings is 1. The molecular weight excluding hydrogens is 456 g/mol. The van der Waals surface area contributed by atoms with Crippen molar-refractivity contribution in [1.29, 1.82) is 0 Å². The molecule has 0 spiro atoms. The molecule has 2 aromatic heterocycles. The van der Waals surface area contributed by atoms with Gasteiger partial charge in [0.2, 0.25) is 0 Å². The van der Waals surface area contributed by atoms with Gasteiger partial charge in [-0.3, -0.25) is 19.3 Å². The van der Waals surface area contributed by atoms with Crippen molar-refractivity contribution >= 4 is 40.0 Å². The van der Waals surface area contributed by atoms with E-state index in [9.17, 15) is 4.79 Å². The van der Waals surface area contributed by atoms with Crippen molar-refractivity contribution < 1.29 is 9.53 Å². The number of carbonyl (C=O) groups is 1. The molecule has 0 saturated carbocycles. The minimum absolute atomic E-state index is 0. The summed E-state index contributed by atoms with van der Waals surface area (Å²) >= 11 is 3.58. The number of halogens is 2. The number of imidazole rings is 1. The van der Waals surface area contributed by atoms with Crippen LogP contribution in [0.4, 0.5) is 0 Å². The van der Waals surface area contributed by atoms with E-state index >= 15 is 0 Å². The Morgan fingerprint density at radius 2 is 2.07 bits per heavy atom. The van der Waals surface area contributed by atoms with Crippen LogP contribution in [0.15, 0.2) is 58.3 Å². The molecule has 150 valence electrons. The SMILES string of the molecule is COC(=O)CC[C@H]1N=C(c2ccccn2)c2cc(Br)ccc2-n2c(C)cnc21.Cl. The fraction of sp³-hybridized carbons (Fsp3) is 0.238. The minimum Gasteiger partial charge on any atom is -0.469 e. The Hall–Kier alpha value is -2.51. The topological polar surface area (TPSA) is 69.4 Å². The molecule has 0 aliphatic carbocycles. The number of ether oxygens (including phenoxy) is 1. The first kappa shape index (κ1) is 21.2. The summed E-state index contributed by atoms with van der Waals surface area (Å²) in [6, 6.07) is 11.6. The van der Waals surface area contributed by atoms with E-state index in [4.69, 9.17) is 9.73 Å². The molecule has 1 atom stereocenters. The summed E-state index contributed by atoms with van der Waals surface area (Å²) in [6.07, 6.45) is 4.38. The van der Waals surface area contributed by atoms with Crippen LogP contribution in [0, 0.1) is 6.92 Å². The zero-order valence-electron chi connectivity index (χ0n) is 16.0. The van der Waals surface area contributed by atoms with Crippen molar-refractivity contribution in [3.63, 3.8) is 0 Å². The largest absolute Gasteiger partial charge is 0.469 e. The monoisotopic (exact) mass is 474 g/mol. The molecular formula is C21H20BrClN4O2. The predicted molar refractivity (Wildman–Crippen MR) is 117 cm³/mol. The zero-order valence-corrected chi connectivity index (χ0v) is 18.4. The first-order valence-electron chi connectivity index (χ1n) is 8.99. The average molecular weight is 476 g/mol. The Morgan fingerprint density at radius 3 is 2.79 bits per heavy atom. The third-order valence-electron chi connectivity index (χ3n) is 4.76. The van der Waals surface area contributed by atoms with Crippen molar-refractivity contribution in [1.82, 2.24) is 14.5 Å². The van der Waals surface area contributed by atoms with Crippen LogP contribution in [-0.2, 0) is 9.53 Å². The number of aliphatic imine (C=N–C) groups is 1. The molecule has 0 N–H and O–H groups in total. The van der Waals surface area contributed by atoms with Gasteiger partial charge < -0.3 is 4.74 Å². The van der Waals surface area contributed by atoms with Crippen LogP contribution in [0.5, 0.6) is 0 Å². The summed E-state index contributed by atoms with van der Waals surface area (Å²) in [5.74, 6) is 0.560. The lowest BCUT2D eigenvalue weighted by Gasteiger charge is -2.14. The van der Waals surface area contributed by atoms with Gasteiger partial charge in [0.15, 0.2) is 0 Å². The molecule has 1 aliphatic rings. The van der Waals surface area contributed by atoms with Crippen LogP contribution in [0.3, 0.4) is 0 Å². The number of carbonyl (C=O) groups excluding carboxylic acids is 1. The number of methoxy groups -OCH3 is 1. The molecule has 0 unspecified atom stereocenters. The molecule has 8 heteroatoms. The number of nitrogens with zero attached hydrogens (tertiary/aromatic N) is 4. The van der Waals surface area contributed by atoms with Gasteiger partial charge in [-0.2, -0.15) is 0 Å². The zero-order chi connectivity index (χ0) is 19.7.